The highest BCUT2D eigenvalue weighted by Gasteiger charge is 2.85. The minimum absolute atomic E-state index is 0.0180. The minimum atomic E-state index is -4.41. The van der Waals surface area contributed by atoms with Gasteiger partial charge in [0.15, 0.2) is 34.5 Å². The second-order valence-electron chi connectivity index (χ2n) is 11.6. The van der Waals surface area contributed by atoms with Crippen LogP contribution >= 0.6 is 7.75 Å². The summed E-state index contributed by atoms with van der Waals surface area (Å²) >= 11 is 0. The number of carbonyl (C=O) groups is 1. The van der Waals surface area contributed by atoms with Gasteiger partial charge in [-0.2, -0.15) is 15.1 Å². The lowest BCUT2D eigenvalue weighted by molar-refractivity contribution is -0.149. The van der Waals surface area contributed by atoms with Gasteiger partial charge in [-0.15, -0.1) is 0 Å². The van der Waals surface area contributed by atoms with Gasteiger partial charge in [0.25, 0.3) is 0 Å². The van der Waals surface area contributed by atoms with Crippen LogP contribution in [-0.4, -0.2) is 79.3 Å². The van der Waals surface area contributed by atoms with Crippen molar-refractivity contribution in [3.05, 3.63) is 36.7 Å². The van der Waals surface area contributed by atoms with Crippen molar-refractivity contribution in [2.24, 2.45) is 0 Å². The second kappa shape index (κ2) is 10.4. The third kappa shape index (κ3) is 5.12. The van der Waals surface area contributed by atoms with Gasteiger partial charge in [-0.25, -0.2) is 13.9 Å². The third-order valence-corrected chi connectivity index (χ3v) is 9.60. The maximum Gasteiger partial charge on any atom is 0.459 e. The van der Waals surface area contributed by atoms with Crippen LogP contribution in [0.25, 0.3) is 11.2 Å². The first-order chi connectivity index (χ1) is 20.2. The van der Waals surface area contributed by atoms with Crippen LogP contribution in [0.2, 0.25) is 0 Å². The third-order valence-electron chi connectivity index (χ3n) is 7.94. The molecular formula is C27H35FN7O7P. The van der Waals surface area contributed by atoms with Gasteiger partial charge in [-0.3, -0.25) is 13.9 Å². The molecule has 3 aromatic rings. The summed E-state index contributed by atoms with van der Waals surface area (Å²) in [5, 5.41) is 14.1. The van der Waals surface area contributed by atoms with Crippen molar-refractivity contribution in [3.8, 4) is 5.75 Å². The van der Waals surface area contributed by atoms with E-state index in [1.54, 1.807) is 32.0 Å². The Morgan fingerprint density at radius 2 is 1.98 bits per heavy atom. The van der Waals surface area contributed by atoms with E-state index in [-0.39, 0.29) is 17.3 Å². The Kier molecular flexibility index (Phi) is 7.17. The number of nitrogens with two attached hydrogens (primary N) is 1. The predicted molar refractivity (Wildman–Crippen MR) is 153 cm³/mol. The van der Waals surface area contributed by atoms with Gasteiger partial charge < -0.3 is 29.7 Å². The molecule has 14 nitrogen and oxygen atoms in total. The lowest BCUT2D eigenvalue weighted by atomic mass is 9.97. The number of aliphatic hydroxyl groups is 1. The molecule has 1 aliphatic heterocycles. The number of rotatable bonds is 11. The smallest absolute Gasteiger partial charge is 0.459 e. The van der Waals surface area contributed by atoms with Crippen LogP contribution in [0.4, 0.5) is 16.2 Å². The molecule has 16 heteroatoms. The van der Waals surface area contributed by atoms with E-state index in [9.17, 15) is 14.5 Å². The summed E-state index contributed by atoms with van der Waals surface area (Å²) in [5.41, 5.74) is 1.96. The summed E-state index contributed by atoms with van der Waals surface area (Å²) in [6, 6.07) is 7.30. The van der Waals surface area contributed by atoms with E-state index in [4.69, 9.17) is 24.3 Å². The number of fused-ring (bicyclic) bond motifs is 2. The molecule has 232 valence electrons. The zero-order chi connectivity index (χ0) is 30.9. The molecule has 0 radical (unpaired) electrons. The van der Waals surface area contributed by atoms with Gasteiger partial charge in [-0.05, 0) is 52.7 Å². The van der Waals surface area contributed by atoms with E-state index in [1.165, 1.54) is 30.0 Å². The largest absolute Gasteiger partial charge is 0.462 e. The highest BCUT2D eigenvalue weighted by molar-refractivity contribution is 7.52. The molecule has 2 aromatic heterocycles. The Hall–Kier alpha value is -3.36. The van der Waals surface area contributed by atoms with Crippen molar-refractivity contribution in [2.75, 3.05) is 17.7 Å². The van der Waals surface area contributed by atoms with Gasteiger partial charge in [0.1, 0.15) is 24.0 Å². The number of carbonyl (C=O) groups excluding carboxylic acids is 1. The van der Waals surface area contributed by atoms with Gasteiger partial charge in [0, 0.05) is 13.1 Å². The van der Waals surface area contributed by atoms with Crippen LogP contribution < -0.4 is 20.2 Å². The van der Waals surface area contributed by atoms with Gasteiger partial charge in [0.2, 0.25) is 5.95 Å². The van der Waals surface area contributed by atoms with Gasteiger partial charge >= 0.3 is 13.7 Å². The van der Waals surface area contributed by atoms with Crippen LogP contribution in [0.1, 0.15) is 46.8 Å². The number of esters is 1. The average molecular weight is 620 g/mol. The standard InChI is InChI=1S/C27H35FN7O7P/c1-14(2)39-23(36)15(3)33-43(38,41-17-9-7-6-8-10-17)42-20-19-27(20,37)26(4,28)24(40-19)35-13-30-18-21(34(5)16-11-12-16)31-25(29)32-22(18)35/h6-10,13-16,19-20,24,37H,11-12H2,1-5H3,(H,33,38)(H2,29,31,32)/t15-,19+,20?,24+,26-,27-,43?/m0/s1. The lowest BCUT2D eigenvalue weighted by Crippen LogP contribution is -2.45. The summed E-state index contributed by atoms with van der Waals surface area (Å²) in [6.07, 6.45) is -1.04. The van der Waals surface area contributed by atoms with Crippen LogP contribution in [0, 0.1) is 0 Å². The molecule has 2 unspecified atom stereocenters. The van der Waals surface area contributed by atoms with E-state index in [0.717, 1.165) is 19.8 Å². The molecule has 1 saturated heterocycles. The van der Waals surface area contributed by atoms with Crippen LogP contribution in [0.5, 0.6) is 5.75 Å². The molecule has 4 N–H and O–H groups in total. The molecule has 2 aliphatic carbocycles. The quantitative estimate of drug-likeness (QED) is 0.211. The molecule has 0 amide bonds. The molecular weight excluding hydrogens is 584 g/mol. The fourth-order valence-corrected chi connectivity index (χ4v) is 7.12. The second-order valence-corrected chi connectivity index (χ2v) is 13.3. The number of anilines is 2. The molecule has 0 spiro atoms. The summed E-state index contributed by atoms with van der Waals surface area (Å²) in [7, 11) is -2.52. The number of nitrogens with one attached hydrogen (secondary N) is 1. The number of para-hydroxylation sites is 1. The van der Waals surface area contributed by atoms with Gasteiger partial charge in [0.05, 0.1) is 12.4 Å². The first kappa shape index (κ1) is 29.7. The SMILES string of the molecule is CC(C)OC(=O)[C@H](C)NP(=O)(Oc1ccccc1)OC1[C@H]2O[C@@H](n3cnc4c(N(C)C5CC5)nc(N)nc43)[C@](C)(F)[C@@]12O. The topological polar surface area (TPSA) is 176 Å². The number of alkyl halides is 1. The number of nitrogens with zero attached hydrogens (tertiary/aromatic N) is 5. The summed E-state index contributed by atoms with van der Waals surface area (Å²) in [5.74, 6) is -0.0357. The van der Waals surface area contributed by atoms with E-state index >= 15 is 4.39 Å². The molecule has 3 aliphatic rings. The van der Waals surface area contributed by atoms with E-state index in [0.29, 0.717) is 17.4 Å². The predicted octanol–water partition coefficient (Wildman–Crippen LogP) is 2.88. The fraction of sp³-hybridized carbons (Fsp3) is 0.556. The molecule has 2 saturated carbocycles. The highest BCUT2D eigenvalue weighted by Crippen LogP contribution is 2.66. The number of halogens is 1. The van der Waals surface area contributed by atoms with Crippen LogP contribution in [0.3, 0.4) is 0 Å². The van der Waals surface area contributed by atoms with Gasteiger partial charge in [-0.1, -0.05) is 18.2 Å². The Bertz CT molecular complexity index is 1590. The number of benzene rings is 1. The number of aromatic nitrogens is 4. The van der Waals surface area contributed by atoms with Crippen molar-refractivity contribution in [2.45, 2.75) is 88.4 Å². The maximum atomic E-state index is 16.7. The number of hydrogen-bond acceptors (Lipinski definition) is 12. The summed E-state index contributed by atoms with van der Waals surface area (Å²) in [4.78, 5) is 27.5. The molecule has 3 fully saturated rings. The minimum Gasteiger partial charge on any atom is -0.462 e. The summed E-state index contributed by atoms with van der Waals surface area (Å²) < 4.78 is 54.6. The fourth-order valence-electron chi connectivity index (χ4n) is 5.41. The maximum absolute atomic E-state index is 16.7. The Morgan fingerprint density at radius 3 is 2.58 bits per heavy atom. The Morgan fingerprint density at radius 1 is 1.28 bits per heavy atom. The molecule has 3 heterocycles. The van der Waals surface area contributed by atoms with E-state index < -0.39 is 55.6 Å². The zero-order valence-corrected chi connectivity index (χ0v) is 25.3. The zero-order valence-electron chi connectivity index (χ0n) is 24.4. The van der Waals surface area contributed by atoms with Crippen molar-refractivity contribution < 1.29 is 37.4 Å². The number of nitrogen functional groups attached to an aromatic ring is 1. The highest BCUT2D eigenvalue weighted by atomic mass is 31.2. The van der Waals surface area contributed by atoms with Crippen LogP contribution in [-0.2, 0) is 23.4 Å². The Labute approximate surface area is 247 Å². The van der Waals surface area contributed by atoms with Crippen molar-refractivity contribution >= 4 is 36.6 Å². The first-order valence-corrected chi connectivity index (χ1v) is 15.6. The molecule has 43 heavy (non-hydrogen) atoms. The number of hydrogen-bond donors (Lipinski definition) is 3. The van der Waals surface area contributed by atoms with Crippen LogP contribution in [0.15, 0.2) is 36.7 Å². The molecule has 1 aromatic carbocycles. The number of ether oxygens (including phenoxy) is 2. The lowest BCUT2D eigenvalue weighted by Gasteiger charge is -2.32. The normalized spacial score (nSPS) is 30.1. The Balaban J connectivity index is 1.26. The van der Waals surface area contributed by atoms with Crippen molar-refractivity contribution in [1.82, 2.24) is 24.6 Å². The van der Waals surface area contributed by atoms with Crippen molar-refractivity contribution in [3.63, 3.8) is 0 Å². The summed E-state index contributed by atoms with van der Waals surface area (Å²) in [6.45, 7) is 5.94. The number of imidazole rings is 1. The average Bonchev–Trinajstić information content (AvgIpc) is 3.81. The first-order valence-electron chi connectivity index (χ1n) is 14.1. The molecule has 6 rings (SSSR count). The van der Waals surface area contributed by atoms with Crippen molar-refractivity contribution in [1.29, 1.82) is 0 Å². The van der Waals surface area contributed by atoms with E-state index in [1.807, 2.05) is 11.9 Å². The molecule has 7 atom stereocenters. The monoisotopic (exact) mass is 619 g/mol. The van der Waals surface area contributed by atoms with E-state index in [2.05, 4.69) is 20.0 Å². The molecule has 0 bridgehead atoms.